The summed E-state index contributed by atoms with van der Waals surface area (Å²) in [5.41, 5.74) is -5.01. The molecule has 13 nitrogen and oxygen atoms in total. The number of carbonyl (C=O) groups is 5. The Morgan fingerprint density at radius 2 is 1.08 bits per heavy atom. The van der Waals surface area contributed by atoms with Gasteiger partial charge in [-0.1, -0.05) is 42.5 Å². The summed E-state index contributed by atoms with van der Waals surface area (Å²) in [6.07, 6.45) is 0. The van der Waals surface area contributed by atoms with E-state index >= 15 is 0 Å². The molecule has 2 aliphatic rings. The average Bonchev–Trinajstić information content (AvgIpc) is 3.43. The lowest BCUT2D eigenvalue weighted by Crippen LogP contribution is -2.34. The number of ether oxygens (including phenoxy) is 4. The molecule has 0 aliphatic carbocycles. The maximum Gasteiger partial charge on any atom is 0.308 e. The van der Waals surface area contributed by atoms with Crippen LogP contribution in [0.4, 0.5) is 17.6 Å². The number of sulfonamides is 1. The summed E-state index contributed by atoms with van der Waals surface area (Å²) in [5.74, 6) is -11.8. The fourth-order valence-electron chi connectivity index (χ4n) is 4.90. The van der Waals surface area contributed by atoms with E-state index in [0.717, 1.165) is 52.0 Å². The van der Waals surface area contributed by atoms with E-state index < -0.39 is 103 Å². The van der Waals surface area contributed by atoms with Crippen molar-refractivity contribution in [3.63, 3.8) is 0 Å². The zero-order valence-electron chi connectivity index (χ0n) is 27.8. The SMILES string of the molecule is CC(=O)NC1=C(OC(C)=O)C(=O)C(C)(c2cccc(F)c2F)O1.CC(=O)OC1=C(NS(=O)(=O)c2ccccc2)OC(C)(c2cccc(F)c2F)C1=O. The van der Waals surface area contributed by atoms with Gasteiger partial charge in [-0.2, -0.15) is 0 Å². The molecule has 2 N–H and O–H groups in total. The van der Waals surface area contributed by atoms with Crippen LogP contribution in [0.5, 0.6) is 0 Å². The van der Waals surface area contributed by atoms with Crippen LogP contribution in [-0.4, -0.2) is 37.8 Å². The minimum Gasteiger partial charge on any atom is -0.456 e. The van der Waals surface area contributed by atoms with Gasteiger partial charge in [0.1, 0.15) is 0 Å². The van der Waals surface area contributed by atoms with Gasteiger partial charge in [0.15, 0.2) is 23.3 Å². The molecule has 1 amide bonds. The summed E-state index contributed by atoms with van der Waals surface area (Å²) < 4.78 is 103. The van der Waals surface area contributed by atoms with Crippen LogP contribution in [0.3, 0.4) is 0 Å². The van der Waals surface area contributed by atoms with E-state index in [2.05, 4.69) is 5.32 Å². The molecule has 3 aromatic rings. The number of hydrogen-bond acceptors (Lipinski definition) is 11. The van der Waals surface area contributed by atoms with Gasteiger partial charge in [0.25, 0.3) is 27.5 Å². The predicted molar refractivity (Wildman–Crippen MR) is 168 cm³/mol. The Balaban J connectivity index is 0.000000239. The van der Waals surface area contributed by atoms with E-state index in [-0.39, 0.29) is 10.5 Å². The van der Waals surface area contributed by atoms with Crippen LogP contribution < -0.4 is 10.0 Å². The third-order valence-electron chi connectivity index (χ3n) is 7.30. The van der Waals surface area contributed by atoms with E-state index in [4.69, 9.17) is 18.9 Å². The number of ketones is 2. The Kier molecular flexibility index (Phi) is 10.9. The van der Waals surface area contributed by atoms with Gasteiger partial charge in [0.2, 0.25) is 34.5 Å². The normalized spacial score (nSPS) is 19.6. The first-order valence-electron chi connectivity index (χ1n) is 14.8. The zero-order chi connectivity index (χ0) is 38.8. The van der Waals surface area contributed by atoms with Crippen LogP contribution in [0.15, 0.2) is 94.9 Å². The molecule has 0 saturated heterocycles. The van der Waals surface area contributed by atoms with Crippen molar-refractivity contribution >= 4 is 39.4 Å². The molecule has 274 valence electrons. The number of rotatable bonds is 8. The Morgan fingerprint density at radius 3 is 1.50 bits per heavy atom. The molecule has 0 saturated carbocycles. The number of hydrogen-bond donors (Lipinski definition) is 2. The summed E-state index contributed by atoms with van der Waals surface area (Å²) in [5, 5.41) is 2.19. The second-order valence-electron chi connectivity index (χ2n) is 11.2. The molecule has 0 radical (unpaired) electrons. The van der Waals surface area contributed by atoms with Gasteiger partial charge < -0.3 is 18.9 Å². The third kappa shape index (κ3) is 7.65. The Labute approximate surface area is 293 Å². The highest BCUT2D eigenvalue weighted by Crippen LogP contribution is 2.41. The van der Waals surface area contributed by atoms with Crippen molar-refractivity contribution in [2.24, 2.45) is 0 Å². The number of halogens is 4. The first-order valence-corrected chi connectivity index (χ1v) is 16.3. The fraction of sp³-hybridized carbons (Fsp3) is 0.206. The number of benzene rings is 3. The molecule has 2 aliphatic heterocycles. The minimum atomic E-state index is -4.23. The maximum atomic E-state index is 14.3. The minimum absolute atomic E-state index is 0.156. The average molecular weight is 749 g/mol. The molecule has 2 unspecified atom stereocenters. The van der Waals surface area contributed by atoms with E-state index in [1.807, 2.05) is 4.72 Å². The lowest BCUT2D eigenvalue weighted by atomic mass is 9.91. The molecule has 18 heteroatoms. The smallest absolute Gasteiger partial charge is 0.308 e. The molecule has 0 bridgehead atoms. The molecule has 2 atom stereocenters. The van der Waals surface area contributed by atoms with Gasteiger partial charge in [0.05, 0.1) is 4.90 Å². The first-order chi connectivity index (χ1) is 24.2. The highest BCUT2D eigenvalue weighted by Gasteiger charge is 2.53. The highest BCUT2D eigenvalue weighted by atomic mass is 32.2. The largest absolute Gasteiger partial charge is 0.456 e. The first kappa shape index (κ1) is 38.8. The van der Waals surface area contributed by atoms with Gasteiger partial charge in [-0.3, -0.25) is 29.3 Å². The highest BCUT2D eigenvalue weighted by molar-refractivity contribution is 7.89. The number of carbonyl (C=O) groups excluding carboxylic acids is 5. The van der Waals surface area contributed by atoms with Gasteiger partial charge in [-0.15, -0.1) is 0 Å². The van der Waals surface area contributed by atoms with Crippen LogP contribution >= 0.6 is 0 Å². The van der Waals surface area contributed by atoms with Gasteiger partial charge in [-0.05, 0) is 38.1 Å². The molecular weight excluding hydrogens is 720 g/mol. The molecule has 52 heavy (non-hydrogen) atoms. The van der Waals surface area contributed by atoms with Crippen molar-refractivity contribution in [3.8, 4) is 0 Å². The van der Waals surface area contributed by atoms with Crippen molar-refractivity contribution in [3.05, 3.63) is 124 Å². The van der Waals surface area contributed by atoms with Crippen LogP contribution in [0.2, 0.25) is 0 Å². The molecule has 0 fully saturated rings. The van der Waals surface area contributed by atoms with Gasteiger partial charge in [-0.25, -0.2) is 30.7 Å². The second kappa shape index (κ2) is 14.7. The van der Waals surface area contributed by atoms with Crippen LogP contribution in [0.25, 0.3) is 0 Å². The predicted octanol–water partition coefficient (Wildman–Crippen LogP) is 4.14. The Hall–Kier alpha value is -6.04. The lowest BCUT2D eigenvalue weighted by molar-refractivity contribution is -0.142. The summed E-state index contributed by atoms with van der Waals surface area (Å²) in [7, 11) is -4.23. The van der Waals surface area contributed by atoms with Crippen LogP contribution in [-0.2, 0) is 64.1 Å². The maximum absolute atomic E-state index is 14.3. The number of nitrogens with one attached hydrogen (secondary N) is 2. The quantitative estimate of drug-likeness (QED) is 0.250. The van der Waals surface area contributed by atoms with Gasteiger partial charge >= 0.3 is 11.9 Å². The standard InChI is InChI=1S/C19H15F2NO6S.C15H13F2NO5/c1-11(23)27-16-17(24)19(2,13-9-6-10-14(20)15(13)21)28-18(16)22-29(25,26)12-7-4-3-5-8-12;1-7(19)18-14-12(22-8(2)20)13(21)15(3,23-14)9-5-4-6-10(16)11(9)17/h3-10,22H,1-2H3;4-6H,1-3H3,(H,18,19). The third-order valence-corrected chi connectivity index (χ3v) is 8.64. The molecule has 5 rings (SSSR count). The monoisotopic (exact) mass is 748 g/mol. The topological polar surface area (TPSA) is 180 Å². The van der Waals surface area contributed by atoms with E-state index in [1.54, 1.807) is 6.07 Å². The summed E-state index contributed by atoms with van der Waals surface area (Å²) in [6.45, 7) is 5.47. The molecule has 0 spiro atoms. The fourth-order valence-corrected chi connectivity index (χ4v) is 5.91. The van der Waals surface area contributed by atoms with Crippen molar-refractivity contribution in [1.82, 2.24) is 10.0 Å². The molecule has 2 heterocycles. The summed E-state index contributed by atoms with van der Waals surface area (Å²) >= 11 is 0. The number of Topliss-reactive ketones (excluding diaryl/α,β-unsaturated/α-hetero) is 2. The van der Waals surface area contributed by atoms with Crippen molar-refractivity contribution in [1.29, 1.82) is 0 Å². The van der Waals surface area contributed by atoms with Gasteiger partial charge in [0, 0.05) is 31.9 Å². The Bertz CT molecular complexity index is 2170. The molecule has 0 aromatic heterocycles. The van der Waals surface area contributed by atoms with Crippen LogP contribution in [0.1, 0.15) is 45.7 Å². The summed E-state index contributed by atoms with van der Waals surface area (Å²) in [4.78, 5) is 59.0. The number of esters is 2. The van der Waals surface area contributed by atoms with Crippen LogP contribution in [0, 0.1) is 23.3 Å². The van der Waals surface area contributed by atoms with Crippen molar-refractivity contribution in [2.45, 2.75) is 50.7 Å². The van der Waals surface area contributed by atoms with E-state index in [0.29, 0.717) is 0 Å². The zero-order valence-corrected chi connectivity index (χ0v) is 28.6. The van der Waals surface area contributed by atoms with Crippen molar-refractivity contribution < 1.29 is 68.9 Å². The molecule has 3 aromatic carbocycles. The molecular formula is C34H28F4N2O11S. The lowest BCUT2D eigenvalue weighted by Gasteiger charge is -2.24. The Morgan fingerprint density at radius 1 is 0.654 bits per heavy atom. The summed E-state index contributed by atoms with van der Waals surface area (Å²) in [6, 6.07) is 13.5. The van der Waals surface area contributed by atoms with E-state index in [1.165, 1.54) is 43.3 Å². The number of amides is 1. The van der Waals surface area contributed by atoms with Crippen molar-refractivity contribution in [2.75, 3.05) is 0 Å². The van der Waals surface area contributed by atoms with E-state index in [9.17, 15) is 50.0 Å². The second-order valence-corrected chi connectivity index (χ2v) is 12.9.